The fourth-order valence-corrected chi connectivity index (χ4v) is 8.49. The summed E-state index contributed by atoms with van der Waals surface area (Å²) >= 11 is 4.36. The molecule has 1 aromatic carbocycles. The number of nitrogens with zero attached hydrogens (tertiary/aromatic N) is 2. The Bertz CT molecular complexity index is 817. The number of hydrogen-bond acceptors (Lipinski definition) is 3. The minimum atomic E-state index is -1.97. The van der Waals surface area contributed by atoms with E-state index in [-0.39, 0.29) is 3.42 Å². The maximum absolute atomic E-state index is 13.1. The monoisotopic (exact) mass is 454 g/mol. The van der Waals surface area contributed by atoms with Crippen LogP contribution in [0.3, 0.4) is 0 Å². The number of pyridine rings is 1. The standard InChI is InChI=1S/C19H20ClIN2O/c1-13-11-22-9-8-14(13)18(24)21-12-23-17(10-19(21,2)3)15-6-4-5-7-16(15)20/h4-9,11H,10,12H2,1-3H3. The van der Waals surface area contributed by atoms with E-state index in [9.17, 15) is 4.79 Å². The number of carbonyl (C=O) groups is 1. The normalized spacial score (nSPS) is 18.2. The van der Waals surface area contributed by atoms with E-state index in [4.69, 9.17) is 16.6 Å². The zero-order chi connectivity index (χ0) is 17.3. The summed E-state index contributed by atoms with van der Waals surface area (Å²) < 4.78 is 0.941. The molecule has 1 aromatic heterocycles. The van der Waals surface area contributed by atoms with Crippen LogP contribution in [0.1, 0.15) is 41.8 Å². The Kier molecular flexibility index (Phi) is 5.06. The molecule has 0 saturated carbocycles. The molecule has 2 heterocycles. The van der Waals surface area contributed by atoms with E-state index in [0.29, 0.717) is 8.34 Å². The number of aliphatic imine (C=N–C) groups is 1. The van der Waals surface area contributed by atoms with Crippen molar-refractivity contribution < 1.29 is 4.79 Å². The van der Waals surface area contributed by atoms with Gasteiger partial charge >= 0.3 is 155 Å². The van der Waals surface area contributed by atoms with E-state index < -0.39 is 19.8 Å². The summed E-state index contributed by atoms with van der Waals surface area (Å²) in [6.07, 6.45) is 4.27. The quantitative estimate of drug-likeness (QED) is 0.273. The van der Waals surface area contributed by atoms with Crippen LogP contribution >= 0.6 is 31.4 Å². The van der Waals surface area contributed by atoms with Crippen molar-refractivity contribution >= 4 is 40.9 Å². The van der Waals surface area contributed by atoms with Crippen LogP contribution in [-0.2, 0) is 0 Å². The first-order valence-corrected chi connectivity index (χ1v) is 11.9. The molecule has 0 N–H and O–H groups in total. The zero-order valence-corrected chi connectivity index (χ0v) is 16.9. The van der Waals surface area contributed by atoms with Gasteiger partial charge in [0.25, 0.3) is 0 Å². The van der Waals surface area contributed by atoms with E-state index in [1.54, 1.807) is 12.4 Å². The van der Waals surface area contributed by atoms with Crippen LogP contribution in [0, 0.1) is 6.92 Å². The molecule has 0 bridgehead atoms. The topological polar surface area (TPSA) is 42.3 Å². The van der Waals surface area contributed by atoms with Crippen molar-refractivity contribution in [2.24, 2.45) is 4.99 Å². The summed E-state index contributed by atoms with van der Waals surface area (Å²) in [5.41, 5.74) is 3.80. The third kappa shape index (κ3) is 3.40. The van der Waals surface area contributed by atoms with Gasteiger partial charge in [0.05, 0.1) is 0 Å². The van der Waals surface area contributed by atoms with E-state index in [2.05, 4.69) is 18.8 Å². The Morgan fingerprint density at radius 3 is 2.67 bits per heavy atom. The summed E-state index contributed by atoms with van der Waals surface area (Å²) in [7, 11) is 0. The fourth-order valence-electron chi connectivity index (χ4n) is 2.81. The van der Waals surface area contributed by atoms with Gasteiger partial charge in [-0.25, -0.2) is 0 Å². The molecule has 126 valence electrons. The zero-order valence-electron chi connectivity index (χ0n) is 14.0. The van der Waals surface area contributed by atoms with Crippen LogP contribution in [0.4, 0.5) is 0 Å². The molecule has 0 unspecified atom stereocenters. The summed E-state index contributed by atoms with van der Waals surface area (Å²) in [6.45, 7) is 6.36. The second kappa shape index (κ2) is 6.92. The second-order valence-corrected chi connectivity index (χ2v) is 13.5. The molecule has 0 amide bonds. The molecule has 1 aliphatic heterocycles. The van der Waals surface area contributed by atoms with E-state index in [1.165, 1.54) is 0 Å². The van der Waals surface area contributed by atoms with Crippen LogP contribution in [0.5, 0.6) is 0 Å². The minimum absolute atomic E-state index is 0.0209. The Morgan fingerprint density at radius 1 is 1.25 bits per heavy atom. The van der Waals surface area contributed by atoms with E-state index in [0.717, 1.165) is 33.8 Å². The molecular weight excluding hydrogens is 435 g/mol. The molecule has 0 atom stereocenters. The second-order valence-electron chi connectivity index (χ2n) is 6.43. The van der Waals surface area contributed by atoms with Gasteiger partial charge in [0.15, 0.2) is 0 Å². The van der Waals surface area contributed by atoms with Crippen LogP contribution in [0.25, 0.3) is 0 Å². The van der Waals surface area contributed by atoms with Gasteiger partial charge < -0.3 is 0 Å². The molecule has 0 saturated heterocycles. The first-order chi connectivity index (χ1) is 11.4. The van der Waals surface area contributed by atoms with Gasteiger partial charge in [0.2, 0.25) is 0 Å². The maximum atomic E-state index is 13.1. The number of aryl methyl sites for hydroxylation is 1. The van der Waals surface area contributed by atoms with Crippen molar-refractivity contribution in [3.63, 3.8) is 0 Å². The molecule has 0 fully saturated rings. The van der Waals surface area contributed by atoms with Crippen molar-refractivity contribution in [3.8, 4) is 0 Å². The number of hydrogen-bond donors (Lipinski definition) is 0. The average molecular weight is 455 g/mol. The first kappa shape index (κ1) is 17.5. The van der Waals surface area contributed by atoms with Gasteiger partial charge in [-0.1, -0.05) is 0 Å². The number of benzene rings is 1. The summed E-state index contributed by atoms with van der Waals surface area (Å²) in [5.74, 6) is 0. The predicted molar refractivity (Wildman–Crippen MR) is 109 cm³/mol. The summed E-state index contributed by atoms with van der Waals surface area (Å²) in [4.78, 5) is 22.0. The Hall–Kier alpha value is -1.27. The fraction of sp³-hybridized carbons (Fsp3) is 0.316. The molecule has 3 rings (SSSR count). The summed E-state index contributed by atoms with van der Waals surface area (Å²) in [6, 6.07) is 9.65. The Balaban J connectivity index is 1.92. The third-order valence-corrected chi connectivity index (χ3v) is 11.2. The van der Waals surface area contributed by atoms with Gasteiger partial charge in [-0.2, -0.15) is 0 Å². The Morgan fingerprint density at radius 2 is 2.00 bits per heavy atom. The van der Waals surface area contributed by atoms with Gasteiger partial charge in [0, 0.05) is 0 Å². The molecule has 3 nitrogen and oxygen atoms in total. The van der Waals surface area contributed by atoms with E-state index in [1.807, 2.05) is 37.3 Å². The van der Waals surface area contributed by atoms with Crippen molar-refractivity contribution in [3.05, 3.63) is 64.4 Å². The Labute approximate surface area is 154 Å². The molecule has 24 heavy (non-hydrogen) atoms. The molecular formula is C19H20ClIN2O. The third-order valence-electron chi connectivity index (χ3n) is 4.20. The van der Waals surface area contributed by atoms with Gasteiger partial charge in [-0.3, -0.25) is 0 Å². The van der Waals surface area contributed by atoms with Crippen LogP contribution < -0.4 is 0 Å². The van der Waals surface area contributed by atoms with Gasteiger partial charge in [-0.05, 0) is 0 Å². The molecule has 5 heteroatoms. The SMILES string of the molecule is Cc1cnccc1C(=O)I1CN=C(c2ccccc2Cl)CC1(C)C. The van der Waals surface area contributed by atoms with Crippen molar-refractivity contribution in [2.75, 3.05) is 4.55 Å². The van der Waals surface area contributed by atoms with E-state index >= 15 is 0 Å². The molecule has 0 spiro atoms. The molecule has 1 aliphatic rings. The number of halogens is 2. The number of alkyl halides is 2. The molecule has 2 aromatic rings. The predicted octanol–water partition coefficient (Wildman–Crippen LogP) is 5.32. The van der Waals surface area contributed by atoms with Gasteiger partial charge in [-0.15, -0.1) is 0 Å². The molecule has 0 radical (unpaired) electrons. The number of rotatable bonds is 3. The first-order valence-electron chi connectivity index (χ1n) is 7.79. The van der Waals surface area contributed by atoms with Crippen LogP contribution in [0.2, 0.25) is 5.02 Å². The van der Waals surface area contributed by atoms with Crippen molar-refractivity contribution in [1.29, 1.82) is 0 Å². The van der Waals surface area contributed by atoms with Crippen molar-refractivity contribution in [2.45, 2.75) is 30.6 Å². The molecule has 0 aliphatic carbocycles. The van der Waals surface area contributed by atoms with Gasteiger partial charge in [0.1, 0.15) is 0 Å². The number of aromatic nitrogens is 1. The van der Waals surface area contributed by atoms with Crippen LogP contribution in [0.15, 0.2) is 47.7 Å². The average Bonchev–Trinajstić information content (AvgIpc) is 2.54. The summed E-state index contributed by atoms with van der Waals surface area (Å²) in [5, 5.41) is 0.727. The number of carbonyl (C=O) groups excluding carboxylic acids is 1. The van der Waals surface area contributed by atoms with Crippen molar-refractivity contribution in [1.82, 2.24) is 4.98 Å². The van der Waals surface area contributed by atoms with Crippen LogP contribution in [-0.4, -0.2) is 22.5 Å².